The molecule has 0 aliphatic rings. The van der Waals surface area contributed by atoms with Crippen LogP contribution in [-0.2, 0) is 0 Å². The maximum atomic E-state index is 2.33. The fourth-order valence-corrected chi connectivity index (χ4v) is 2.78. The molecule has 0 radical (unpaired) electrons. The van der Waals surface area contributed by atoms with Gasteiger partial charge in [-0.2, -0.15) is 0 Å². The van der Waals surface area contributed by atoms with Gasteiger partial charge in [0.1, 0.15) is 0 Å². The average Bonchev–Trinajstić information content (AvgIpc) is 2.46. The fourth-order valence-electron chi connectivity index (χ4n) is 2.78. The number of nitrogens with one attached hydrogen (secondary N) is 1. The standard InChI is InChI=1S/C20H41N.ClH/c1-4-5-6-7-8-9-10-11-12-13-14-15-16-17-18-19-20-21(2)3;/h19-20H,4-18H2,1-3H3;1H. The maximum absolute atomic E-state index is 2.33. The molecule has 0 heterocycles. The molecule has 22 heavy (non-hydrogen) atoms. The Morgan fingerprint density at radius 2 is 0.955 bits per heavy atom. The smallest absolute Gasteiger partial charge is 0.0897 e. The lowest BCUT2D eigenvalue weighted by atomic mass is 10.0. The number of hydrogen-bond acceptors (Lipinski definition) is 0. The van der Waals surface area contributed by atoms with Gasteiger partial charge in [0.05, 0.1) is 20.3 Å². The van der Waals surface area contributed by atoms with Gasteiger partial charge in [-0.05, 0) is 18.9 Å². The van der Waals surface area contributed by atoms with Crippen LogP contribution >= 0.6 is 0 Å². The Labute approximate surface area is 147 Å². The molecule has 0 amide bonds. The number of allylic oxidation sites excluding steroid dienone is 1. The summed E-state index contributed by atoms with van der Waals surface area (Å²) >= 11 is 0. The highest BCUT2D eigenvalue weighted by Gasteiger charge is 1.93. The summed E-state index contributed by atoms with van der Waals surface area (Å²) in [5.41, 5.74) is 0. The molecule has 0 aliphatic heterocycles. The van der Waals surface area contributed by atoms with Crippen molar-refractivity contribution in [1.29, 1.82) is 0 Å². The van der Waals surface area contributed by atoms with Crippen molar-refractivity contribution in [3.05, 3.63) is 12.3 Å². The van der Waals surface area contributed by atoms with E-state index >= 15 is 0 Å². The van der Waals surface area contributed by atoms with Gasteiger partial charge in [-0.1, -0.05) is 90.4 Å². The van der Waals surface area contributed by atoms with Crippen LogP contribution in [0.4, 0.5) is 0 Å². The third-order valence-corrected chi connectivity index (χ3v) is 4.18. The highest BCUT2D eigenvalue weighted by atomic mass is 35.5. The normalized spacial score (nSPS) is 11.3. The Kier molecular flexibility index (Phi) is 23.1. The third kappa shape index (κ3) is 22.3. The first kappa shape index (κ1) is 24.2. The summed E-state index contributed by atoms with van der Waals surface area (Å²) in [6.07, 6.45) is 26.1. The van der Waals surface area contributed by atoms with E-state index in [0.717, 1.165) is 0 Å². The molecule has 134 valence electrons. The third-order valence-electron chi connectivity index (χ3n) is 4.18. The van der Waals surface area contributed by atoms with Crippen molar-refractivity contribution in [3.63, 3.8) is 0 Å². The SMILES string of the molecule is CCCCCCCCCCCCCCCCC=C[NH+](C)C.[Cl-]. The van der Waals surface area contributed by atoms with Gasteiger partial charge in [0.25, 0.3) is 0 Å². The van der Waals surface area contributed by atoms with E-state index < -0.39 is 0 Å². The zero-order chi connectivity index (χ0) is 15.6. The van der Waals surface area contributed by atoms with Crippen molar-refractivity contribution in [3.8, 4) is 0 Å². The first-order valence-electron chi connectivity index (χ1n) is 9.74. The molecule has 0 saturated carbocycles. The van der Waals surface area contributed by atoms with E-state index in [1.165, 1.54) is 101 Å². The van der Waals surface area contributed by atoms with E-state index in [9.17, 15) is 0 Å². The summed E-state index contributed by atoms with van der Waals surface area (Å²) in [7, 11) is 4.34. The Morgan fingerprint density at radius 3 is 1.32 bits per heavy atom. The summed E-state index contributed by atoms with van der Waals surface area (Å²) < 4.78 is 0. The molecule has 0 fully saturated rings. The van der Waals surface area contributed by atoms with Crippen LogP contribution in [-0.4, -0.2) is 14.1 Å². The molecule has 1 N–H and O–H groups in total. The second-order valence-electron chi connectivity index (χ2n) is 6.86. The molecule has 0 bridgehead atoms. The van der Waals surface area contributed by atoms with Gasteiger partial charge in [-0.3, -0.25) is 0 Å². The minimum Gasteiger partial charge on any atom is -1.00 e. The van der Waals surface area contributed by atoms with Crippen LogP contribution in [0.5, 0.6) is 0 Å². The van der Waals surface area contributed by atoms with Crippen LogP contribution in [0.25, 0.3) is 0 Å². The summed E-state index contributed by atoms with van der Waals surface area (Å²) in [4.78, 5) is 1.42. The average molecular weight is 332 g/mol. The predicted octanol–water partition coefficient (Wildman–Crippen LogP) is 2.52. The second kappa shape index (κ2) is 21.0. The Hall–Kier alpha value is -0.0100. The van der Waals surface area contributed by atoms with Crippen LogP contribution in [0.3, 0.4) is 0 Å². The van der Waals surface area contributed by atoms with Crippen LogP contribution < -0.4 is 17.3 Å². The quantitative estimate of drug-likeness (QED) is 0.415. The van der Waals surface area contributed by atoms with E-state index in [1.807, 2.05) is 0 Å². The molecular weight excluding hydrogens is 290 g/mol. The van der Waals surface area contributed by atoms with E-state index in [2.05, 4.69) is 33.3 Å². The Bertz CT molecular complexity index is 214. The zero-order valence-electron chi connectivity index (χ0n) is 15.6. The minimum absolute atomic E-state index is 0. The molecule has 0 spiro atoms. The highest BCUT2D eigenvalue weighted by molar-refractivity contribution is 4.71. The molecular formula is C20H42ClN. The Morgan fingerprint density at radius 1 is 0.591 bits per heavy atom. The van der Waals surface area contributed by atoms with Gasteiger partial charge >= 0.3 is 0 Å². The Balaban J connectivity index is 0. The van der Waals surface area contributed by atoms with E-state index in [4.69, 9.17) is 0 Å². The second-order valence-corrected chi connectivity index (χ2v) is 6.86. The van der Waals surface area contributed by atoms with Gasteiger partial charge in [0.15, 0.2) is 0 Å². The summed E-state index contributed by atoms with van der Waals surface area (Å²) in [5, 5.41) is 0. The molecule has 0 aliphatic carbocycles. The van der Waals surface area contributed by atoms with Gasteiger partial charge in [-0.25, -0.2) is 0 Å². The molecule has 0 rings (SSSR count). The van der Waals surface area contributed by atoms with Gasteiger partial charge in [-0.15, -0.1) is 0 Å². The number of unbranched alkanes of at least 4 members (excludes halogenated alkanes) is 14. The van der Waals surface area contributed by atoms with Gasteiger partial charge in [0, 0.05) is 0 Å². The van der Waals surface area contributed by atoms with E-state index in [1.54, 1.807) is 0 Å². The molecule has 0 aromatic heterocycles. The molecule has 0 aromatic rings. The molecule has 0 aromatic carbocycles. The maximum Gasteiger partial charge on any atom is 0.0897 e. The number of quaternary nitrogens is 1. The van der Waals surface area contributed by atoms with Crippen LogP contribution in [0.15, 0.2) is 12.3 Å². The van der Waals surface area contributed by atoms with Crippen LogP contribution in [0.1, 0.15) is 103 Å². The van der Waals surface area contributed by atoms with Crippen molar-refractivity contribution in [2.75, 3.05) is 14.1 Å². The number of hydrogen-bond donors (Lipinski definition) is 1. The topological polar surface area (TPSA) is 4.44 Å². The molecule has 0 atom stereocenters. The lowest BCUT2D eigenvalue weighted by molar-refractivity contribution is -0.801. The summed E-state index contributed by atoms with van der Waals surface area (Å²) in [6, 6.07) is 0. The minimum atomic E-state index is 0. The lowest BCUT2D eigenvalue weighted by Crippen LogP contribution is -3.00. The lowest BCUT2D eigenvalue weighted by Gasteiger charge is -2.03. The zero-order valence-corrected chi connectivity index (χ0v) is 16.4. The van der Waals surface area contributed by atoms with Crippen molar-refractivity contribution in [2.24, 2.45) is 0 Å². The van der Waals surface area contributed by atoms with Crippen molar-refractivity contribution in [1.82, 2.24) is 0 Å². The highest BCUT2D eigenvalue weighted by Crippen LogP contribution is 2.13. The molecule has 1 nitrogen and oxygen atoms in total. The molecule has 2 heteroatoms. The summed E-state index contributed by atoms with van der Waals surface area (Å²) in [5.74, 6) is 0. The monoisotopic (exact) mass is 331 g/mol. The van der Waals surface area contributed by atoms with Crippen molar-refractivity contribution < 1.29 is 17.3 Å². The van der Waals surface area contributed by atoms with Crippen molar-refractivity contribution >= 4 is 0 Å². The van der Waals surface area contributed by atoms with E-state index in [-0.39, 0.29) is 12.4 Å². The first-order chi connectivity index (χ1) is 10.3. The number of halogens is 1. The summed E-state index contributed by atoms with van der Waals surface area (Å²) in [6.45, 7) is 2.29. The van der Waals surface area contributed by atoms with Crippen LogP contribution in [0, 0.1) is 0 Å². The molecule has 0 saturated heterocycles. The van der Waals surface area contributed by atoms with E-state index in [0.29, 0.717) is 0 Å². The van der Waals surface area contributed by atoms with Gasteiger partial charge in [0.2, 0.25) is 0 Å². The van der Waals surface area contributed by atoms with Gasteiger partial charge < -0.3 is 17.3 Å². The largest absolute Gasteiger partial charge is 1.00 e. The number of rotatable bonds is 16. The van der Waals surface area contributed by atoms with Crippen molar-refractivity contribution in [2.45, 2.75) is 103 Å². The first-order valence-corrected chi connectivity index (χ1v) is 9.74. The predicted molar refractivity (Wildman–Crippen MR) is 96.9 cm³/mol. The van der Waals surface area contributed by atoms with Crippen LogP contribution in [0.2, 0.25) is 0 Å². The molecule has 0 unspecified atom stereocenters. The fraction of sp³-hybridized carbons (Fsp3) is 0.900.